The van der Waals surface area contributed by atoms with Crippen LogP contribution in [-0.4, -0.2) is 14.3 Å². The van der Waals surface area contributed by atoms with Crippen LogP contribution in [0.15, 0.2) is 0 Å². The Labute approximate surface area is 59.5 Å². The van der Waals surface area contributed by atoms with Gasteiger partial charge in [0.2, 0.25) is 0 Å². The van der Waals surface area contributed by atoms with Gasteiger partial charge in [0, 0.05) is 0 Å². The van der Waals surface area contributed by atoms with Gasteiger partial charge >= 0.3 is 0 Å². The third-order valence-electron chi connectivity index (χ3n) is 1.84. The summed E-state index contributed by atoms with van der Waals surface area (Å²) in [5.74, 6) is 0. The molecule has 0 fully saturated rings. The van der Waals surface area contributed by atoms with E-state index < -0.39 is 14.3 Å². The molecule has 0 N–H and O–H groups in total. The molecule has 0 heterocycles. The third-order valence-corrected chi connectivity index (χ3v) is 22.6. The molecule has 0 rings (SSSR count). The molecule has 0 atom stereocenters. The van der Waals surface area contributed by atoms with Crippen molar-refractivity contribution in [1.82, 2.24) is 0 Å². The molecule has 0 aromatic carbocycles. The van der Waals surface area contributed by atoms with Crippen LogP contribution < -0.4 is 0 Å². The van der Waals surface area contributed by atoms with Crippen molar-refractivity contribution in [2.45, 2.75) is 32.7 Å². The van der Waals surface area contributed by atoms with Crippen molar-refractivity contribution in [1.29, 1.82) is 0 Å². The molecule has 50 valence electrons. The number of thiol groups is 1. The monoisotopic (exact) mass is 164 g/mol. The number of hydrogen-bond donors (Lipinski definition) is 1. The fourth-order valence-electron chi connectivity index (χ4n) is 0. The molecule has 0 nitrogen and oxygen atoms in total. The molecule has 0 saturated carbocycles. The summed E-state index contributed by atoms with van der Waals surface area (Å²) in [4.78, 5) is 0. The summed E-state index contributed by atoms with van der Waals surface area (Å²) < 4.78 is 0. The van der Waals surface area contributed by atoms with Crippen LogP contribution >= 0.6 is 12.1 Å². The minimum absolute atomic E-state index is 0.856. The normalized spacial score (nSPS) is 14.2. The summed E-state index contributed by atoms with van der Waals surface area (Å²) in [7, 11) is -0.856. The minimum Gasteiger partial charge on any atom is -0.205 e. The van der Waals surface area contributed by atoms with Gasteiger partial charge in [0.1, 0.15) is 0 Å². The Morgan fingerprint density at radius 2 is 1.00 bits per heavy atom. The van der Waals surface area contributed by atoms with Crippen LogP contribution in [0.1, 0.15) is 0 Å². The third kappa shape index (κ3) is 2.37. The van der Waals surface area contributed by atoms with Gasteiger partial charge in [0.15, 0.2) is 0 Å². The van der Waals surface area contributed by atoms with Gasteiger partial charge in [-0.2, -0.15) is 0 Å². The highest BCUT2D eigenvalue weighted by Gasteiger charge is 2.32. The summed E-state index contributed by atoms with van der Waals surface area (Å²) in [5.41, 5.74) is 0. The lowest BCUT2D eigenvalue weighted by atomic mass is 11.8. The van der Waals surface area contributed by atoms with Gasteiger partial charge < -0.3 is 0 Å². The first-order chi connectivity index (χ1) is 3.25. The lowest BCUT2D eigenvalue weighted by Gasteiger charge is -2.29. The number of hydrogen-bond acceptors (Lipinski definition) is 1. The van der Waals surface area contributed by atoms with Gasteiger partial charge in [-0.3, -0.25) is 0 Å². The van der Waals surface area contributed by atoms with E-state index in [0.717, 1.165) is 0 Å². The van der Waals surface area contributed by atoms with Crippen LogP contribution in [-0.2, 0) is 0 Å². The molecule has 0 saturated heterocycles. The first-order valence-corrected chi connectivity index (χ1v) is 11.8. The van der Waals surface area contributed by atoms with Gasteiger partial charge in [-0.05, 0) is 0 Å². The molecular formula is C5H16SSi2. The highest BCUT2D eigenvalue weighted by atomic mass is 32.3. The highest BCUT2D eigenvalue weighted by Crippen LogP contribution is 2.21. The van der Waals surface area contributed by atoms with Crippen molar-refractivity contribution in [2.24, 2.45) is 0 Å². The van der Waals surface area contributed by atoms with E-state index >= 15 is 0 Å². The standard InChI is InChI=1S/C5H16SSi2/c1-7(2,3)8(4,5)6/h6H,1-5H3. The topological polar surface area (TPSA) is 0 Å². The smallest absolute Gasteiger partial charge is 0.0983 e. The molecule has 0 radical (unpaired) electrons. The fourth-order valence-corrected chi connectivity index (χ4v) is 0. The summed E-state index contributed by atoms with van der Waals surface area (Å²) in [6.45, 7) is 10.8. The fraction of sp³-hybridized carbons (Fsp3) is 1.00. The maximum Gasteiger partial charge on any atom is 0.0983 e. The first-order valence-electron chi connectivity index (χ1n) is 2.97. The Morgan fingerprint density at radius 1 is 0.875 bits per heavy atom. The predicted molar refractivity (Wildman–Crippen MR) is 49.8 cm³/mol. The van der Waals surface area contributed by atoms with Crippen LogP contribution in [0.3, 0.4) is 0 Å². The van der Waals surface area contributed by atoms with E-state index in [-0.39, 0.29) is 0 Å². The summed E-state index contributed by atoms with van der Waals surface area (Å²) in [6.07, 6.45) is 0. The van der Waals surface area contributed by atoms with Crippen molar-refractivity contribution in [3.05, 3.63) is 0 Å². The molecule has 0 bridgehead atoms. The summed E-state index contributed by atoms with van der Waals surface area (Å²) >= 11 is 4.64. The average Bonchev–Trinajstić information content (AvgIpc) is 1.25. The molecule has 0 aliphatic heterocycles. The maximum atomic E-state index is 4.64. The number of rotatable bonds is 1. The van der Waals surface area contributed by atoms with Gasteiger partial charge in [0.25, 0.3) is 0 Å². The van der Waals surface area contributed by atoms with Crippen molar-refractivity contribution in [3.8, 4) is 0 Å². The second kappa shape index (κ2) is 2.19. The first kappa shape index (κ1) is 8.78. The lowest BCUT2D eigenvalue weighted by molar-refractivity contribution is 1.79. The van der Waals surface area contributed by atoms with Gasteiger partial charge in [-0.1, -0.05) is 32.7 Å². The van der Waals surface area contributed by atoms with Crippen LogP contribution in [0.4, 0.5) is 0 Å². The molecular weight excluding hydrogens is 148 g/mol. The molecule has 0 amide bonds. The maximum absolute atomic E-state index is 4.64. The Hall–Kier alpha value is 0.784. The molecule has 0 aromatic heterocycles. The Balaban J connectivity index is 4.02. The second-order valence-corrected chi connectivity index (χ2v) is 24.3. The highest BCUT2D eigenvalue weighted by molar-refractivity contribution is 8.22. The van der Waals surface area contributed by atoms with E-state index in [2.05, 4.69) is 44.8 Å². The quantitative estimate of drug-likeness (QED) is 0.447. The second-order valence-electron chi connectivity index (χ2n) is 3.81. The van der Waals surface area contributed by atoms with Crippen molar-refractivity contribution >= 4 is 26.4 Å². The SMILES string of the molecule is C[Si](C)(C)[Si](C)(C)S. The van der Waals surface area contributed by atoms with E-state index in [1.807, 2.05) is 0 Å². The Kier molecular flexibility index (Phi) is 2.41. The van der Waals surface area contributed by atoms with E-state index in [4.69, 9.17) is 0 Å². The Morgan fingerprint density at radius 3 is 1.00 bits per heavy atom. The van der Waals surface area contributed by atoms with Crippen molar-refractivity contribution in [2.75, 3.05) is 0 Å². The molecule has 8 heavy (non-hydrogen) atoms. The molecule has 0 aliphatic carbocycles. The van der Waals surface area contributed by atoms with Gasteiger partial charge in [-0.15, -0.1) is 0 Å². The van der Waals surface area contributed by atoms with Crippen molar-refractivity contribution in [3.63, 3.8) is 0 Å². The molecule has 3 heteroatoms. The van der Waals surface area contributed by atoms with Crippen LogP contribution in [0.2, 0.25) is 32.7 Å². The van der Waals surface area contributed by atoms with Crippen LogP contribution in [0.25, 0.3) is 0 Å². The minimum atomic E-state index is -1.03. The van der Waals surface area contributed by atoms with Gasteiger partial charge in [0.05, 0.1) is 14.3 Å². The average molecular weight is 164 g/mol. The molecule has 0 aliphatic rings. The largest absolute Gasteiger partial charge is 0.205 e. The molecule has 0 spiro atoms. The molecule has 0 aromatic rings. The van der Waals surface area contributed by atoms with Crippen LogP contribution in [0.5, 0.6) is 0 Å². The zero-order valence-electron chi connectivity index (χ0n) is 6.45. The zero-order chi connectivity index (χ0) is 7.00. The van der Waals surface area contributed by atoms with E-state index in [1.165, 1.54) is 0 Å². The predicted octanol–water partition coefficient (Wildman–Crippen LogP) is 2.54. The summed E-state index contributed by atoms with van der Waals surface area (Å²) in [6, 6.07) is 0. The van der Waals surface area contributed by atoms with E-state index in [9.17, 15) is 0 Å². The Bertz CT molecular complexity index is 65.4. The van der Waals surface area contributed by atoms with Crippen LogP contribution in [0, 0.1) is 0 Å². The van der Waals surface area contributed by atoms with Crippen molar-refractivity contribution < 1.29 is 0 Å². The lowest BCUT2D eigenvalue weighted by Crippen LogP contribution is -2.47. The van der Waals surface area contributed by atoms with E-state index in [0.29, 0.717) is 0 Å². The van der Waals surface area contributed by atoms with E-state index in [1.54, 1.807) is 0 Å². The summed E-state index contributed by atoms with van der Waals surface area (Å²) in [5, 5.41) is 0. The zero-order valence-corrected chi connectivity index (χ0v) is 9.34. The van der Waals surface area contributed by atoms with Gasteiger partial charge in [-0.25, -0.2) is 12.1 Å². The molecule has 0 unspecified atom stereocenters.